The normalized spacial score (nSPS) is 26.9. The Morgan fingerprint density at radius 3 is 2.81 bits per heavy atom. The second-order valence-electron chi connectivity index (χ2n) is 4.86. The summed E-state index contributed by atoms with van der Waals surface area (Å²) >= 11 is 1.95. The summed E-state index contributed by atoms with van der Waals surface area (Å²) in [7, 11) is 0. The first kappa shape index (κ1) is 12.2. The second-order valence-corrected chi connectivity index (χ2v) is 6.01. The Balaban J connectivity index is 1.59. The van der Waals surface area contributed by atoms with Gasteiger partial charge in [-0.3, -0.25) is 4.79 Å². The van der Waals surface area contributed by atoms with Crippen LogP contribution in [0.3, 0.4) is 0 Å². The van der Waals surface area contributed by atoms with Crippen LogP contribution in [0.25, 0.3) is 0 Å². The fraction of sp³-hybridized carbons (Fsp3) is 0.917. The molecular formula is C12H22N2OS. The predicted octanol–water partition coefficient (Wildman–Crippen LogP) is 1.39. The molecule has 0 aromatic heterocycles. The molecule has 0 bridgehead atoms. The number of amides is 1. The van der Waals surface area contributed by atoms with Crippen LogP contribution in [0.2, 0.25) is 0 Å². The van der Waals surface area contributed by atoms with Gasteiger partial charge in [-0.15, -0.1) is 0 Å². The molecule has 1 atom stereocenters. The Hall–Kier alpha value is -0.220. The molecule has 92 valence electrons. The molecule has 3 nitrogen and oxygen atoms in total. The average molecular weight is 242 g/mol. The number of carbonyl (C=O) groups excluding carboxylic acids is 1. The van der Waals surface area contributed by atoms with Gasteiger partial charge in [-0.05, 0) is 50.4 Å². The van der Waals surface area contributed by atoms with Gasteiger partial charge in [0.05, 0.1) is 0 Å². The maximum atomic E-state index is 11.7. The van der Waals surface area contributed by atoms with Crippen LogP contribution < -0.4 is 10.6 Å². The van der Waals surface area contributed by atoms with Crippen LogP contribution in [0, 0.1) is 5.92 Å². The van der Waals surface area contributed by atoms with E-state index in [1.54, 1.807) is 0 Å². The van der Waals surface area contributed by atoms with E-state index < -0.39 is 0 Å². The molecule has 1 amide bonds. The summed E-state index contributed by atoms with van der Waals surface area (Å²) in [5.74, 6) is 3.36. The lowest BCUT2D eigenvalue weighted by atomic mass is 9.93. The summed E-state index contributed by atoms with van der Waals surface area (Å²) in [6.45, 7) is 2.26. The number of carbonyl (C=O) groups is 1. The van der Waals surface area contributed by atoms with E-state index in [0.717, 1.165) is 44.0 Å². The van der Waals surface area contributed by atoms with E-state index in [0.29, 0.717) is 6.04 Å². The second kappa shape index (κ2) is 6.50. The van der Waals surface area contributed by atoms with E-state index in [1.807, 2.05) is 11.8 Å². The van der Waals surface area contributed by atoms with Gasteiger partial charge >= 0.3 is 0 Å². The zero-order valence-electron chi connectivity index (χ0n) is 9.84. The third kappa shape index (κ3) is 3.98. The Morgan fingerprint density at radius 2 is 2.12 bits per heavy atom. The monoisotopic (exact) mass is 242 g/mol. The molecule has 2 heterocycles. The van der Waals surface area contributed by atoms with Gasteiger partial charge in [0, 0.05) is 18.2 Å². The highest BCUT2D eigenvalue weighted by atomic mass is 32.2. The number of thioether (sulfide) groups is 1. The maximum Gasteiger partial charge on any atom is 0.220 e. The molecule has 0 saturated carbocycles. The number of rotatable bonds is 4. The van der Waals surface area contributed by atoms with E-state index in [-0.39, 0.29) is 5.91 Å². The van der Waals surface area contributed by atoms with Crippen LogP contribution in [0.4, 0.5) is 0 Å². The summed E-state index contributed by atoms with van der Waals surface area (Å²) in [6, 6.07) is 0.450. The van der Waals surface area contributed by atoms with Crippen LogP contribution in [0.5, 0.6) is 0 Å². The molecule has 0 aliphatic carbocycles. The molecule has 2 N–H and O–H groups in total. The van der Waals surface area contributed by atoms with Gasteiger partial charge in [-0.2, -0.15) is 11.8 Å². The lowest BCUT2D eigenvalue weighted by Crippen LogP contribution is -2.35. The van der Waals surface area contributed by atoms with E-state index in [4.69, 9.17) is 0 Å². The van der Waals surface area contributed by atoms with Crippen molar-refractivity contribution in [2.24, 2.45) is 5.92 Å². The fourth-order valence-electron chi connectivity index (χ4n) is 2.45. The van der Waals surface area contributed by atoms with Crippen LogP contribution >= 0.6 is 11.8 Å². The minimum Gasteiger partial charge on any atom is -0.353 e. The number of nitrogens with one attached hydrogen (secondary N) is 2. The topological polar surface area (TPSA) is 41.1 Å². The summed E-state index contributed by atoms with van der Waals surface area (Å²) in [5, 5.41) is 6.50. The lowest BCUT2D eigenvalue weighted by Gasteiger charge is -2.22. The first-order chi connectivity index (χ1) is 7.84. The van der Waals surface area contributed by atoms with Gasteiger partial charge in [0.2, 0.25) is 5.91 Å². The highest BCUT2D eigenvalue weighted by molar-refractivity contribution is 7.99. The van der Waals surface area contributed by atoms with E-state index in [1.165, 1.54) is 18.6 Å². The SMILES string of the molecule is O=C(CCC1CCNCC1)NC1CCSC1. The summed E-state index contributed by atoms with van der Waals surface area (Å²) in [6.07, 6.45) is 5.45. The van der Waals surface area contributed by atoms with Gasteiger partial charge < -0.3 is 10.6 Å². The van der Waals surface area contributed by atoms with Crippen molar-refractivity contribution in [2.45, 2.75) is 38.1 Å². The van der Waals surface area contributed by atoms with Crippen molar-refractivity contribution in [3.8, 4) is 0 Å². The molecule has 2 saturated heterocycles. The predicted molar refractivity (Wildman–Crippen MR) is 68.7 cm³/mol. The van der Waals surface area contributed by atoms with E-state index >= 15 is 0 Å². The molecule has 2 fully saturated rings. The summed E-state index contributed by atoms with van der Waals surface area (Å²) < 4.78 is 0. The number of piperidine rings is 1. The van der Waals surface area contributed by atoms with Crippen molar-refractivity contribution in [1.82, 2.24) is 10.6 Å². The Labute approximate surface area is 102 Å². The quantitative estimate of drug-likeness (QED) is 0.783. The fourth-order valence-corrected chi connectivity index (χ4v) is 3.61. The zero-order chi connectivity index (χ0) is 11.2. The van der Waals surface area contributed by atoms with Gasteiger partial charge in [0.15, 0.2) is 0 Å². The third-order valence-electron chi connectivity index (χ3n) is 3.53. The maximum absolute atomic E-state index is 11.7. The van der Waals surface area contributed by atoms with Gasteiger partial charge in [0.1, 0.15) is 0 Å². The van der Waals surface area contributed by atoms with Crippen molar-refractivity contribution >= 4 is 17.7 Å². The largest absolute Gasteiger partial charge is 0.353 e. The standard InChI is InChI=1S/C12H22N2OS/c15-12(14-11-5-8-16-9-11)2-1-10-3-6-13-7-4-10/h10-11,13H,1-9H2,(H,14,15). The minimum absolute atomic E-state index is 0.269. The number of hydrogen-bond donors (Lipinski definition) is 2. The first-order valence-corrected chi connectivity index (χ1v) is 7.58. The third-order valence-corrected chi connectivity index (χ3v) is 4.70. The van der Waals surface area contributed by atoms with Crippen molar-refractivity contribution in [3.63, 3.8) is 0 Å². The molecule has 16 heavy (non-hydrogen) atoms. The molecule has 0 spiro atoms. The highest BCUT2D eigenvalue weighted by Crippen LogP contribution is 2.19. The molecular weight excluding hydrogens is 220 g/mol. The Bertz CT molecular complexity index is 223. The van der Waals surface area contributed by atoms with Crippen molar-refractivity contribution < 1.29 is 4.79 Å². The van der Waals surface area contributed by atoms with E-state index in [9.17, 15) is 4.79 Å². The molecule has 2 rings (SSSR count). The first-order valence-electron chi connectivity index (χ1n) is 6.42. The lowest BCUT2D eigenvalue weighted by molar-refractivity contribution is -0.122. The van der Waals surface area contributed by atoms with Crippen LogP contribution in [0.15, 0.2) is 0 Å². The molecule has 2 aliphatic rings. The minimum atomic E-state index is 0.269. The van der Waals surface area contributed by atoms with Crippen LogP contribution in [-0.4, -0.2) is 36.5 Å². The average Bonchev–Trinajstić information content (AvgIpc) is 2.81. The van der Waals surface area contributed by atoms with Gasteiger partial charge in [-0.1, -0.05) is 0 Å². The molecule has 1 unspecified atom stereocenters. The zero-order valence-corrected chi connectivity index (χ0v) is 10.7. The van der Waals surface area contributed by atoms with Crippen molar-refractivity contribution in [3.05, 3.63) is 0 Å². The summed E-state index contributed by atoms with van der Waals surface area (Å²) in [5.41, 5.74) is 0. The van der Waals surface area contributed by atoms with Gasteiger partial charge in [-0.25, -0.2) is 0 Å². The molecule has 4 heteroatoms. The highest BCUT2D eigenvalue weighted by Gasteiger charge is 2.19. The van der Waals surface area contributed by atoms with E-state index in [2.05, 4.69) is 10.6 Å². The number of hydrogen-bond acceptors (Lipinski definition) is 3. The Kier molecular flexibility index (Phi) is 4.97. The molecule has 0 aromatic rings. The smallest absolute Gasteiger partial charge is 0.220 e. The summed E-state index contributed by atoms with van der Waals surface area (Å²) in [4.78, 5) is 11.7. The Morgan fingerprint density at radius 1 is 1.31 bits per heavy atom. The molecule has 0 aromatic carbocycles. The van der Waals surface area contributed by atoms with Crippen molar-refractivity contribution in [2.75, 3.05) is 24.6 Å². The molecule has 0 radical (unpaired) electrons. The van der Waals surface area contributed by atoms with Crippen LogP contribution in [-0.2, 0) is 4.79 Å². The molecule has 2 aliphatic heterocycles. The van der Waals surface area contributed by atoms with Crippen molar-refractivity contribution in [1.29, 1.82) is 0 Å². The van der Waals surface area contributed by atoms with Gasteiger partial charge in [0.25, 0.3) is 0 Å². The van der Waals surface area contributed by atoms with Crippen LogP contribution in [0.1, 0.15) is 32.1 Å².